The molecule has 0 saturated heterocycles. The number of methoxy groups -OCH3 is 1. The normalized spacial score (nSPS) is 11.8. The van der Waals surface area contributed by atoms with Gasteiger partial charge in [0.05, 0.1) is 24.7 Å². The van der Waals surface area contributed by atoms with Gasteiger partial charge < -0.3 is 15.5 Å². The topological polar surface area (TPSA) is 81.0 Å². The molecule has 0 aliphatic rings. The molecule has 3 rings (SSSR count). The van der Waals surface area contributed by atoms with E-state index in [9.17, 15) is 9.18 Å². The lowest BCUT2D eigenvalue weighted by molar-refractivity contribution is 0.397. The van der Waals surface area contributed by atoms with E-state index in [1.807, 2.05) is 30.4 Å². The van der Waals surface area contributed by atoms with Crippen molar-refractivity contribution in [3.8, 4) is 16.9 Å². The van der Waals surface area contributed by atoms with E-state index in [-0.39, 0.29) is 16.5 Å². The van der Waals surface area contributed by atoms with E-state index >= 15 is 0 Å². The Balaban J connectivity index is 2.21. The molecule has 3 aromatic rings. The number of pyridine rings is 2. The van der Waals surface area contributed by atoms with Gasteiger partial charge in [-0.1, -0.05) is 20.8 Å². The van der Waals surface area contributed by atoms with Gasteiger partial charge in [0, 0.05) is 22.9 Å². The summed E-state index contributed by atoms with van der Waals surface area (Å²) in [6.45, 7) is 6.17. The van der Waals surface area contributed by atoms with Gasteiger partial charge in [-0.25, -0.2) is 4.39 Å². The Morgan fingerprint density at radius 2 is 1.93 bits per heavy atom. The van der Waals surface area contributed by atoms with Crippen LogP contribution in [0.3, 0.4) is 0 Å². The summed E-state index contributed by atoms with van der Waals surface area (Å²) in [6, 6.07) is 8.51. The number of anilines is 1. The van der Waals surface area contributed by atoms with Crippen LogP contribution in [0.15, 0.2) is 47.5 Å². The SMILES string of the molecule is COc1c(C=Cc2ccc(N)cn2)cc(-c2cc(F)c[nH]c2=O)cc1C(C)(C)C. The number of nitrogens with two attached hydrogens (primary N) is 1. The lowest BCUT2D eigenvalue weighted by Crippen LogP contribution is -2.15. The van der Waals surface area contributed by atoms with Crippen molar-refractivity contribution < 1.29 is 9.13 Å². The number of nitrogens with one attached hydrogen (secondary N) is 1. The quantitative estimate of drug-likeness (QED) is 0.677. The molecule has 2 aromatic heterocycles. The lowest BCUT2D eigenvalue weighted by atomic mass is 9.83. The Kier molecular flexibility index (Phi) is 5.55. The van der Waals surface area contributed by atoms with Crippen molar-refractivity contribution >= 4 is 17.8 Å². The number of nitrogen functional groups attached to an aromatic ring is 1. The van der Waals surface area contributed by atoms with Gasteiger partial charge in [-0.05, 0) is 53.5 Å². The predicted molar refractivity (Wildman–Crippen MR) is 115 cm³/mol. The van der Waals surface area contributed by atoms with Crippen molar-refractivity contribution in [1.29, 1.82) is 0 Å². The van der Waals surface area contributed by atoms with Crippen LogP contribution in [-0.2, 0) is 5.41 Å². The van der Waals surface area contributed by atoms with Crippen LogP contribution in [0.4, 0.5) is 10.1 Å². The first-order valence-electron chi connectivity index (χ1n) is 9.20. The minimum absolute atomic E-state index is 0.260. The van der Waals surface area contributed by atoms with Crippen molar-refractivity contribution in [2.24, 2.45) is 0 Å². The van der Waals surface area contributed by atoms with Gasteiger partial charge in [0.25, 0.3) is 5.56 Å². The third kappa shape index (κ3) is 4.54. The molecule has 0 bridgehead atoms. The number of aromatic amines is 1. The second kappa shape index (κ2) is 7.91. The van der Waals surface area contributed by atoms with Crippen LogP contribution in [0.2, 0.25) is 0 Å². The maximum absolute atomic E-state index is 13.8. The van der Waals surface area contributed by atoms with E-state index in [0.29, 0.717) is 17.0 Å². The van der Waals surface area contributed by atoms with Crippen molar-refractivity contribution in [3.05, 3.63) is 75.7 Å². The molecule has 0 aliphatic heterocycles. The largest absolute Gasteiger partial charge is 0.496 e. The molecule has 0 fully saturated rings. The molecule has 0 atom stereocenters. The average molecular weight is 393 g/mol. The van der Waals surface area contributed by atoms with E-state index in [2.05, 4.69) is 30.7 Å². The van der Waals surface area contributed by atoms with Crippen molar-refractivity contribution in [1.82, 2.24) is 9.97 Å². The number of benzene rings is 1. The summed E-state index contributed by atoms with van der Waals surface area (Å²) in [6.07, 6.45) is 6.33. The molecule has 5 nitrogen and oxygen atoms in total. The molecule has 2 heterocycles. The summed E-state index contributed by atoms with van der Waals surface area (Å²) in [5.74, 6) is 0.191. The first-order chi connectivity index (χ1) is 13.7. The molecule has 0 unspecified atom stereocenters. The minimum atomic E-state index is -0.504. The summed E-state index contributed by atoms with van der Waals surface area (Å²) in [5.41, 5.74) is 8.93. The smallest absolute Gasteiger partial charge is 0.256 e. The van der Waals surface area contributed by atoms with Crippen LogP contribution in [-0.4, -0.2) is 17.1 Å². The van der Waals surface area contributed by atoms with E-state index in [1.165, 1.54) is 6.07 Å². The maximum Gasteiger partial charge on any atom is 0.256 e. The molecular formula is C23H24FN3O2. The van der Waals surface area contributed by atoms with Crippen molar-refractivity contribution in [3.63, 3.8) is 0 Å². The number of halogens is 1. The molecule has 0 radical (unpaired) electrons. The second-order valence-electron chi connectivity index (χ2n) is 7.81. The maximum atomic E-state index is 13.8. The molecular weight excluding hydrogens is 369 g/mol. The Bertz CT molecular complexity index is 1110. The highest BCUT2D eigenvalue weighted by atomic mass is 19.1. The van der Waals surface area contributed by atoms with Gasteiger partial charge in [0.15, 0.2) is 0 Å². The summed E-state index contributed by atoms with van der Waals surface area (Å²) in [7, 11) is 1.61. The number of H-pyrrole nitrogens is 1. The van der Waals surface area contributed by atoms with Gasteiger partial charge in [-0.3, -0.25) is 9.78 Å². The number of hydrogen-bond acceptors (Lipinski definition) is 4. The Hall–Kier alpha value is -3.41. The van der Waals surface area contributed by atoms with E-state index in [1.54, 1.807) is 19.4 Å². The molecule has 150 valence electrons. The van der Waals surface area contributed by atoms with Crippen LogP contribution in [0.25, 0.3) is 23.3 Å². The Morgan fingerprint density at radius 3 is 2.55 bits per heavy atom. The zero-order chi connectivity index (χ0) is 21.2. The molecule has 3 N–H and O–H groups in total. The fraction of sp³-hybridized carbons (Fsp3) is 0.217. The van der Waals surface area contributed by atoms with Crippen LogP contribution in [0.1, 0.15) is 37.6 Å². The number of ether oxygens (including phenoxy) is 1. The fourth-order valence-electron chi connectivity index (χ4n) is 3.08. The molecule has 0 amide bonds. The van der Waals surface area contributed by atoms with Crippen molar-refractivity contribution in [2.45, 2.75) is 26.2 Å². The second-order valence-corrected chi connectivity index (χ2v) is 7.81. The Labute approximate surface area is 169 Å². The van der Waals surface area contributed by atoms with E-state index in [4.69, 9.17) is 10.5 Å². The van der Waals surface area contributed by atoms with Crippen LogP contribution >= 0.6 is 0 Å². The lowest BCUT2D eigenvalue weighted by Gasteiger charge is -2.24. The Morgan fingerprint density at radius 1 is 1.17 bits per heavy atom. The highest BCUT2D eigenvalue weighted by molar-refractivity contribution is 5.78. The number of nitrogens with zero attached hydrogens (tertiary/aromatic N) is 1. The average Bonchev–Trinajstić information content (AvgIpc) is 2.68. The van der Waals surface area contributed by atoms with Gasteiger partial charge >= 0.3 is 0 Å². The van der Waals surface area contributed by atoms with E-state index in [0.717, 1.165) is 23.0 Å². The van der Waals surface area contributed by atoms with E-state index < -0.39 is 5.82 Å². The fourth-order valence-corrected chi connectivity index (χ4v) is 3.08. The highest BCUT2D eigenvalue weighted by Crippen LogP contribution is 2.38. The highest BCUT2D eigenvalue weighted by Gasteiger charge is 2.23. The molecule has 0 spiro atoms. The third-order valence-electron chi connectivity index (χ3n) is 4.55. The molecule has 6 heteroatoms. The van der Waals surface area contributed by atoms with Crippen molar-refractivity contribution in [2.75, 3.05) is 12.8 Å². The van der Waals surface area contributed by atoms with Gasteiger partial charge in [0.1, 0.15) is 11.6 Å². The standard InChI is InChI=1S/C23H24FN3O2/c1-23(2,3)20-10-15(19-11-16(24)12-27-22(19)28)9-14(21(20)29-4)5-7-18-8-6-17(25)13-26-18/h5-13H,25H2,1-4H3,(H,27,28). The first kappa shape index (κ1) is 20.3. The monoisotopic (exact) mass is 393 g/mol. The third-order valence-corrected chi connectivity index (χ3v) is 4.55. The van der Waals surface area contributed by atoms with Crippen LogP contribution in [0.5, 0.6) is 5.75 Å². The summed E-state index contributed by atoms with van der Waals surface area (Å²) < 4.78 is 19.5. The first-order valence-corrected chi connectivity index (χ1v) is 9.20. The minimum Gasteiger partial charge on any atom is -0.496 e. The van der Waals surface area contributed by atoms with Gasteiger partial charge in [-0.2, -0.15) is 0 Å². The predicted octanol–water partition coefficient (Wildman–Crippen LogP) is 4.63. The number of rotatable bonds is 4. The summed E-state index contributed by atoms with van der Waals surface area (Å²) in [4.78, 5) is 19.0. The summed E-state index contributed by atoms with van der Waals surface area (Å²) in [5, 5.41) is 0. The van der Waals surface area contributed by atoms with Crippen LogP contribution < -0.4 is 16.0 Å². The van der Waals surface area contributed by atoms with Gasteiger partial charge in [-0.15, -0.1) is 0 Å². The number of hydrogen-bond donors (Lipinski definition) is 2. The zero-order valence-electron chi connectivity index (χ0n) is 16.9. The summed E-state index contributed by atoms with van der Waals surface area (Å²) >= 11 is 0. The van der Waals surface area contributed by atoms with Gasteiger partial charge in [0.2, 0.25) is 0 Å². The molecule has 0 saturated carbocycles. The molecule has 0 aliphatic carbocycles. The molecule has 29 heavy (non-hydrogen) atoms. The molecule has 1 aromatic carbocycles. The zero-order valence-corrected chi connectivity index (χ0v) is 16.9. The number of aromatic nitrogens is 2. The van der Waals surface area contributed by atoms with Crippen LogP contribution in [0, 0.1) is 5.82 Å².